The van der Waals surface area contributed by atoms with Gasteiger partial charge in [-0.15, -0.1) is 0 Å². The minimum absolute atomic E-state index is 0.0257. The zero-order chi connectivity index (χ0) is 21.4. The Hall–Kier alpha value is -3.42. The van der Waals surface area contributed by atoms with E-state index in [0.717, 1.165) is 0 Å². The molecule has 2 aromatic rings. The maximum absolute atomic E-state index is 12.3. The van der Waals surface area contributed by atoms with Crippen molar-refractivity contribution in [3.05, 3.63) is 47.5 Å². The fraction of sp³-hybridized carbons (Fsp3) is 0.333. The molecule has 0 radical (unpaired) electrons. The van der Waals surface area contributed by atoms with Gasteiger partial charge in [0.25, 0.3) is 5.91 Å². The molecule has 2 N–H and O–H groups in total. The minimum atomic E-state index is -0.477. The van der Waals surface area contributed by atoms with Crippen LogP contribution in [0, 0.1) is 0 Å². The second-order valence-electron chi connectivity index (χ2n) is 6.39. The lowest BCUT2D eigenvalue weighted by molar-refractivity contribution is -0.121. The molecule has 0 aliphatic carbocycles. The van der Waals surface area contributed by atoms with Gasteiger partial charge in [-0.3, -0.25) is 20.4 Å². The molecule has 0 atom stereocenters. The summed E-state index contributed by atoms with van der Waals surface area (Å²) in [6, 6.07) is 9.94. The summed E-state index contributed by atoms with van der Waals surface area (Å²) < 4.78 is 21.3. The van der Waals surface area contributed by atoms with Crippen molar-refractivity contribution in [2.24, 2.45) is 0 Å². The Morgan fingerprint density at radius 1 is 0.862 bits per heavy atom. The van der Waals surface area contributed by atoms with Gasteiger partial charge in [-0.1, -0.05) is 6.07 Å². The summed E-state index contributed by atoms with van der Waals surface area (Å²) in [5, 5.41) is 0. The standard InChI is InChI=1S/C21H26N2O6/c1-13(2)29-17-9-7-15(10-19(17)28-5)21(25)23-22-20(24)11-14-6-8-16(26-3)12-18(14)27-4/h6-10,12-13H,11H2,1-5H3,(H,22,24)(H,23,25). The number of benzene rings is 2. The van der Waals surface area contributed by atoms with Crippen LogP contribution in [-0.4, -0.2) is 39.2 Å². The van der Waals surface area contributed by atoms with Crippen LogP contribution in [0.4, 0.5) is 0 Å². The predicted molar refractivity (Wildman–Crippen MR) is 108 cm³/mol. The number of carbonyl (C=O) groups excluding carboxylic acids is 2. The Bertz CT molecular complexity index is 866. The number of hydrogen-bond acceptors (Lipinski definition) is 6. The molecule has 0 aromatic heterocycles. The van der Waals surface area contributed by atoms with Crippen molar-refractivity contribution >= 4 is 11.8 Å². The van der Waals surface area contributed by atoms with Crippen LogP contribution in [0.25, 0.3) is 0 Å². The summed E-state index contributed by atoms with van der Waals surface area (Å²) in [4.78, 5) is 24.6. The molecule has 156 valence electrons. The number of rotatable bonds is 8. The molecule has 0 saturated carbocycles. The first-order chi connectivity index (χ1) is 13.9. The van der Waals surface area contributed by atoms with E-state index in [0.29, 0.717) is 34.1 Å². The molecule has 2 rings (SSSR count). The van der Waals surface area contributed by atoms with Gasteiger partial charge in [0.05, 0.1) is 33.9 Å². The Kier molecular flexibility index (Phi) is 7.70. The highest BCUT2D eigenvalue weighted by molar-refractivity contribution is 5.96. The van der Waals surface area contributed by atoms with Gasteiger partial charge in [-0.25, -0.2) is 0 Å². The fourth-order valence-electron chi connectivity index (χ4n) is 2.57. The number of amides is 2. The molecule has 8 heteroatoms. The van der Waals surface area contributed by atoms with Crippen LogP contribution in [0.2, 0.25) is 0 Å². The van der Waals surface area contributed by atoms with E-state index < -0.39 is 11.8 Å². The quantitative estimate of drug-likeness (QED) is 0.659. The lowest BCUT2D eigenvalue weighted by Gasteiger charge is -2.15. The summed E-state index contributed by atoms with van der Waals surface area (Å²) in [7, 11) is 4.55. The molecular weight excluding hydrogens is 376 g/mol. The van der Waals surface area contributed by atoms with Gasteiger partial charge in [0.15, 0.2) is 11.5 Å². The average Bonchev–Trinajstić information content (AvgIpc) is 2.72. The Morgan fingerprint density at radius 2 is 1.59 bits per heavy atom. The maximum Gasteiger partial charge on any atom is 0.269 e. The Labute approximate surface area is 170 Å². The van der Waals surface area contributed by atoms with Crippen LogP contribution >= 0.6 is 0 Å². The molecule has 0 fully saturated rings. The third-order valence-electron chi connectivity index (χ3n) is 3.95. The first-order valence-electron chi connectivity index (χ1n) is 9.02. The predicted octanol–water partition coefficient (Wildman–Crippen LogP) is 2.50. The number of methoxy groups -OCH3 is 3. The third-order valence-corrected chi connectivity index (χ3v) is 3.95. The van der Waals surface area contributed by atoms with E-state index in [-0.39, 0.29) is 12.5 Å². The zero-order valence-corrected chi connectivity index (χ0v) is 17.2. The molecule has 2 amide bonds. The lowest BCUT2D eigenvalue weighted by atomic mass is 10.1. The normalized spacial score (nSPS) is 10.3. The highest BCUT2D eigenvalue weighted by Gasteiger charge is 2.14. The highest BCUT2D eigenvalue weighted by Crippen LogP contribution is 2.29. The van der Waals surface area contributed by atoms with Gasteiger partial charge >= 0.3 is 0 Å². The number of hydrazine groups is 1. The molecule has 0 saturated heterocycles. The SMILES string of the molecule is COc1ccc(CC(=O)NNC(=O)c2ccc(OC(C)C)c(OC)c2)c(OC)c1. The van der Waals surface area contributed by atoms with E-state index in [1.54, 1.807) is 43.5 Å². The zero-order valence-electron chi connectivity index (χ0n) is 17.2. The molecule has 2 aromatic carbocycles. The summed E-state index contributed by atoms with van der Waals surface area (Å²) in [6.07, 6.45) is -0.00408. The smallest absolute Gasteiger partial charge is 0.269 e. The van der Waals surface area contributed by atoms with Crippen molar-refractivity contribution in [2.45, 2.75) is 26.4 Å². The van der Waals surface area contributed by atoms with Crippen LogP contribution in [0.5, 0.6) is 23.0 Å². The van der Waals surface area contributed by atoms with Crippen molar-refractivity contribution in [1.82, 2.24) is 10.9 Å². The summed E-state index contributed by atoms with van der Waals surface area (Å²) in [5.74, 6) is 1.24. The van der Waals surface area contributed by atoms with Crippen molar-refractivity contribution in [3.63, 3.8) is 0 Å². The van der Waals surface area contributed by atoms with E-state index in [2.05, 4.69) is 10.9 Å². The van der Waals surface area contributed by atoms with Crippen LogP contribution in [0.3, 0.4) is 0 Å². The molecule has 0 aliphatic heterocycles. The largest absolute Gasteiger partial charge is 0.497 e. The molecular formula is C21H26N2O6. The van der Waals surface area contributed by atoms with Gasteiger partial charge in [-0.2, -0.15) is 0 Å². The van der Waals surface area contributed by atoms with Crippen LogP contribution < -0.4 is 29.8 Å². The summed E-state index contributed by atoms with van der Waals surface area (Å²) >= 11 is 0. The van der Waals surface area contributed by atoms with Crippen LogP contribution in [-0.2, 0) is 11.2 Å². The van der Waals surface area contributed by atoms with Crippen molar-refractivity contribution in [3.8, 4) is 23.0 Å². The van der Waals surface area contributed by atoms with E-state index in [4.69, 9.17) is 18.9 Å². The van der Waals surface area contributed by atoms with Gasteiger partial charge in [0, 0.05) is 17.2 Å². The van der Waals surface area contributed by atoms with E-state index in [9.17, 15) is 9.59 Å². The van der Waals surface area contributed by atoms with Crippen molar-refractivity contribution in [2.75, 3.05) is 21.3 Å². The van der Waals surface area contributed by atoms with Gasteiger partial charge < -0.3 is 18.9 Å². The molecule has 29 heavy (non-hydrogen) atoms. The first-order valence-corrected chi connectivity index (χ1v) is 9.02. The van der Waals surface area contributed by atoms with E-state index >= 15 is 0 Å². The minimum Gasteiger partial charge on any atom is -0.497 e. The number of carbonyl (C=O) groups is 2. The molecule has 0 bridgehead atoms. The molecule has 0 unspecified atom stereocenters. The van der Waals surface area contributed by atoms with Gasteiger partial charge in [0.1, 0.15) is 11.5 Å². The summed E-state index contributed by atoms with van der Waals surface area (Å²) in [6.45, 7) is 3.79. The highest BCUT2D eigenvalue weighted by atomic mass is 16.5. The monoisotopic (exact) mass is 402 g/mol. The number of hydrogen-bond donors (Lipinski definition) is 2. The third kappa shape index (κ3) is 6.03. The van der Waals surface area contributed by atoms with E-state index in [1.807, 2.05) is 13.8 Å². The van der Waals surface area contributed by atoms with Gasteiger partial charge in [0.2, 0.25) is 5.91 Å². The Balaban J connectivity index is 1.99. The summed E-state index contributed by atoms with van der Waals surface area (Å²) in [5.41, 5.74) is 5.77. The fourth-order valence-corrected chi connectivity index (χ4v) is 2.57. The van der Waals surface area contributed by atoms with Gasteiger partial charge in [-0.05, 0) is 38.1 Å². The second kappa shape index (κ2) is 10.2. The first kappa shape index (κ1) is 21.9. The molecule has 0 spiro atoms. The van der Waals surface area contributed by atoms with Crippen molar-refractivity contribution in [1.29, 1.82) is 0 Å². The maximum atomic E-state index is 12.3. The molecule has 0 heterocycles. The molecule has 0 aliphatic rings. The van der Waals surface area contributed by atoms with Crippen LogP contribution in [0.15, 0.2) is 36.4 Å². The average molecular weight is 402 g/mol. The van der Waals surface area contributed by atoms with Crippen molar-refractivity contribution < 1.29 is 28.5 Å². The van der Waals surface area contributed by atoms with Crippen LogP contribution in [0.1, 0.15) is 29.8 Å². The molecule has 8 nitrogen and oxygen atoms in total. The number of nitrogens with one attached hydrogen (secondary N) is 2. The topological polar surface area (TPSA) is 95.1 Å². The lowest BCUT2D eigenvalue weighted by Crippen LogP contribution is -2.42. The Morgan fingerprint density at radius 3 is 2.21 bits per heavy atom. The second-order valence-corrected chi connectivity index (χ2v) is 6.39. The number of ether oxygens (including phenoxy) is 4. The van der Waals surface area contributed by atoms with E-state index in [1.165, 1.54) is 14.2 Å².